The molecule has 1 fully saturated rings. The lowest BCUT2D eigenvalue weighted by Crippen LogP contribution is -2.29. The average Bonchev–Trinajstić information content (AvgIpc) is 2.62. The van der Waals surface area contributed by atoms with Gasteiger partial charge in [-0.25, -0.2) is 0 Å². The number of nitrogens with one attached hydrogen (secondary N) is 1. The maximum atomic E-state index is 5.54. The highest BCUT2D eigenvalue weighted by Crippen LogP contribution is 2.18. The van der Waals surface area contributed by atoms with Crippen LogP contribution < -0.4 is 5.32 Å². The van der Waals surface area contributed by atoms with Gasteiger partial charge in [-0.05, 0) is 31.6 Å². The van der Waals surface area contributed by atoms with Crippen molar-refractivity contribution >= 4 is 0 Å². The van der Waals surface area contributed by atoms with Gasteiger partial charge in [-0.1, -0.05) is 13.8 Å². The molecule has 1 aliphatic heterocycles. The third-order valence-corrected chi connectivity index (χ3v) is 3.20. The molecule has 0 amide bonds. The number of hydrogen-bond donors (Lipinski definition) is 1. The fourth-order valence-electron chi connectivity index (χ4n) is 1.90. The minimum absolute atomic E-state index is 0.425. The smallest absolute Gasteiger partial charge is 0.0590 e. The second-order valence-corrected chi connectivity index (χ2v) is 5.12. The van der Waals surface area contributed by atoms with Crippen LogP contribution in [-0.4, -0.2) is 39.0 Å². The monoisotopic (exact) mass is 229 g/mol. The average molecular weight is 229 g/mol. The Kier molecular flexibility index (Phi) is 7.01. The predicted molar refractivity (Wildman–Crippen MR) is 66.7 cm³/mol. The fourth-order valence-corrected chi connectivity index (χ4v) is 1.90. The Labute approximate surface area is 99.9 Å². The van der Waals surface area contributed by atoms with Crippen molar-refractivity contribution < 1.29 is 9.47 Å². The standard InChI is InChI=1S/C13H27NO2/c1-11(2)4-7-15-9-6-14-10-13-5-8-16-12(13)3/h11-14H,4-10H2,1-3H3. The molecule has 3 heteroatoms. The number of hydrogen-bond acceptors (Lipinski definition) is 3. The molecular weight excluding hydrogens is 202 g/mol. The van der Waals surface area contributed by atoms with Gasteiger partial charge in [0.2, 0.25) is 0 Å². The zero-order valence-corrected chi connectivity index (χ0v) is 11.0. The summed E-state index contributed by atoms with van der Waals surface area (Å²) in [5, 5.41) is 3.44. The first-order valence-corrected chi connectivity index (χ1v) is 6.60. The summed E-state index contributed by atoms with van der Waals surface area (Å²) in [5.74, 6) is 1.43. The molecule has 0 spiro atoms. The van der Waals surface area contributed by atoms with Crippen molar-refractivity contribution in [1.82, 2.24) is 5.32 Å². The minimum Gasteiger partial charge on any atom is -0.380 e. The first-order valence-electron chi connectivity index (χ1n) is 6.60. The second-order valence-electron chi connectivity index (χ2n) is 5.12. The molecule has 0 aromatic rings. The number of rotatable bonds is 8. The topological polar surface area (TPSA) is 30.5 Å². The Morgan fingerprint density at radius 2 is 2.19 bits per heavy atom. The van der Waals surface area contributed by atoms with E-state index in [0.29, 0.717) is 12.0 Å². The number of ether oxygens (including phenoxy) is 2. The Morgan fingerprint density at radius 1 is 1.38 bits per heavy atom. The van der Waals surface area contributed by atoms with E-state index in [1.54, 1.807) is 0 Å². The van der Waals surface area contributed by atoms with Gasteiger partial charge in [0, 0.05) is 26.3 Å². The van der Waals surface area contributed by atoms with Gasteiger partial charge < -0.3 is 14.8 Å². The summed E-state index contributed by atoms with van der Waals surface area (Å²) in [6.45, 7) is 11.3. The van der Waals surface area contributed by atoms with Crippen LogP contribution in [0.4, 0.5) is 0 Å². The van der Waals surface area contributed by atoms with E-state index < -0.39 is 0 Å². The van der Waals surface area contributed by atoms with Crippen molar-refractivity contribution in [3.05, 3.63) is 0 Å². The molecule has 0 bridgehead atoms. The zero-order chi connectivity index (χ0) is 11.8. The maximum Gasteiger partial charge on any atom is 0.0590 e. The van der Waals surface area contributed by atoms with Gasteiger partial charge in [0.1, 0.15) is 0 Å². The van der Waals surface area contributed by atoms with Gasteiger partial charge in [0.15, 0.2) is 0 Å². The summed E-state index contributed by atoms with van der Waals surface area (Å²) in [4.78, 5) is 0. The normalized spacial score (nSPS) is 25.5. The lowest BCUT2D eigenvalue weighted by Gasteiger charge is -2.14. The Morgan fingerprint density at radius 3 is 2.81 bits per heavy atom. The molecule has 0 aromatic heterocycles. The third-order valence-electron chi connectivity index (χ3n) is 3.20. The Balaban J connectivity index is 1.84. The maximum absolute atomic E-state index is 5.54. The van der Waals surface area contributed by atoms with E-state index >= 15 is 0 Å². The molecule has 0 aromatic carbocycles. The predicted octanol–water partition coefficient (Wildman–Crippen LogP) is 2.06. The van der Waals surface area contributed by atoms with Crippen molar-refractivity contribution in [2.24, 2.45) is 11.8 Å². The molecule has 2 atom stereocenters. The highest BCUT2D eigenvalue weighted by Gasteiger charge is 2.23. The molecule has 1 N–H and O–H groups in total. The molecule has 0 saturated carbocycles. The second kappa shape index (κ2) is 8.04. The van der Waals surface area contributed by atoms with Gasteiger partial charge in [-0.3, -0.25) is 0 Å². The van der Waals surface area contributed by atoms with Crippen molar-refractivity contribution in [2.45, 2.75) is 39.7 Å². The molecule has 1 heterocycles. The van der Waals surface area contributed by atoms with Crippen LogP contribution in [0.3, 0.4) is 0 Å². The minimum atomic E-state index is 0.425. The van der Waals surface area contributed by atoms with E-state index in [1.165, 1.54) is 6.42 Å². The van der Waals surface area contributed by atoms with Crippen LogP contribution >= 0.6 is 0 Å². The summed E-state index contributed by atoms with van der Waals surface area (Å²) in [6, 6.07) is 0. The molecule has 0 radical (unpaired) electrons. The van der Waals surface area contributed by atoms with Gasteiger partial charge in [0.25, 0.3) is 0 Å². The molecule has 1 saturated heterocycles. The van der Waals surface area contributed by atoms with E-state index in [9.17, 15) is 0 Å². The van der Waals surface area contributed by atoms with Crippen LogP contribution in [0.25, 0.3) is 0 Å². The van der Waals surface area contributed by atoms with Crippen molar-refractivity contribution in [1.29, 1.82) is 0 Å². The first kappa shape index (κ1) is 13.9. The third kappa shape index (κ3) is 5.83. The van der Waals surface area contributed by atoms with Crippen molar-refractivity contribution in [3.63, 3.8) is 0 Å². The van der Waals surface area contributed by atoms with Gasteiger partial charge in [-0.2, -0.15) is 0 Å². The van der Waals surface area contributed by atoms with Gasteiger partial charge >= 0.3 is 0 Å². The van der Waals surface area contributed by atoms with Crippen LogP contribution in [0.5, 0.6) is 0 Å². The molecule has 3 nitrogen and oxygen atoms in total. The lowest BCUT2D eigenvalue weighted by atomic mass is 10.0. The van der Waals surface area contributed by atoms with Crippen LogP contribution in [0, 0.1) is 11.8 Å². The SMILES string of the molecule is CC(C)CCOCCNCC1CCOC1C. The van der Waals surface area contributed by atoms with Crippen LogP contribution in [0.1, 0.15) is 33.6 Å². The van der Waals surface area contributed by atoms with E-state index in [2.05, 4.69) is 26.1 Å². The highest BCUT2D eigenvalue weighted by molar-refractivity contribution is 4.74. The van der Waals surface area contributed by atoms with Crippen molar-refractivity contribution in [2.75, 3.05) is 32.9 Å². The molecule has 1 rings (SSSR count). The quantitative estimate of drug-likeness (QED) is 0.646. The van der Waals surface area contributed by atoms with E-state index in [1.807, 2.05) is 0 Å². The van der Waals surface area contributed by atoms with Crippen LogP contribution in [0.2, 0.25) is 0 Å². The first-order chi connectivity index (χ1) is 7.70. The van der Waals surface area contributed by atoms with Crippen molar-refractivity contribution in [3.8, 4) is 0 Å². The van der Waals surface area contributed by atoms with Crippen LogP contribution in [0.15, 0.2) is 0 Å². The molecule has 16 heavy (non-hydrogen) atoms. The lowest BCUT2D eigenvalue weighted by molar-refractivity contribution is 0.102. The molecule has 0 aliphatic carbocycles. The molecule has 2 unspecified atom stereocenters. The summed E-state index contributed by atoms with van der Waals surface area (Å²) in [7, 11) is 0. The summed E-state index contributed by atoms with van der Waals surface area (Å²) in [5.41, 5.74) is 0. The van der Waals surface area contributed by atoms with E-state index in [-0.39, 0.29) is 0 Å². The summed E-state index contributed by atoms with van der Waals surface area (Å²) in [6.07, 6.45) is 2.78. The summed E-state index contributed by atoms with van der Waals surface area (Å²) < 4.78 is 11.1. The zero-order valence-electron chi connectivity index (χ0n) is 11.0. The summed E-state index contributed by atoms with van der Waals surface area (Å²) >= 11 is 0. The Hall–Kier alpha value is -0.120. The molecule has 96 valence electrons. The molecular formula is C13H27NO2. The van der Waals surface area contributed by atoms with Crippen LogP contribution in [-0.2, 0) is 9.47 Å². The van der Waals surface area contributed by atoms with Gasteiger partial charge in [-0.15, -0.1) is 0 Å². The largest absolute Gasteiger partial charge is 0.380 e. The fraction of sp³-hybridized carbons (Fsp3) is 1.00. The van der Waals surface area contributed by atoms with E-state index in [0.717, 1.165) is 45.2 Å². The Bertz CT molecular complexity index is 173. The molecule has 1 aliphatic rings. The highest BCUT2D eigenvalue weighted by atomic mass is 16.5. The van der Waals surface area contributed by atoms with E-state index in [4.69, 9.17) is 9.47 Å². The van der Waals surface area contributed by atoms with Gasteiger partial charge in [0.05, 0.1) is 12.7 Å².